The van der Waals surface area contributed by atoms with Gasteiger partial charge in [-0.05, 0) is 25.5 Å². The smallest absolute Gasteiger partial charge is 0.163 e. The van der Waals surface area contributed by atoms with Crippen LogP contribution in [0.3, 0.4) is 0 Å². The molecular formula is C16H20N4O2. The highest BCUT2D eigenvalue weighted by molar-refractivity contribution is 5.56. The Morgan fingerprint density at radius 2 is 2.27 bits per heavy atom. The lowest BCUT2D eigenvalue weighted by molar-refractivity contribution is -0.0367. The molecule has 116 valence electrons. The molecule has 6 nitrogen and oxygen atoms in total. The van der Waals surface area contributed by atoms with Gasteiger partial charge in [-0.15, -0.1) is 0 Å². The lowest BCUT2D eigenvalue weighted by atomic mass is 10.1. The summed E-state index contributed by atoms with van der Waals surface area (Å²) < 4.78 is 10.9. The van der Waals surface area contributed by atoms with Crippen molar-refractivity contribution in [2.24, 2.45) is 0 Å². The Labute approximate surface area is 129 Å². The quantitative estimate of drug-likeness (QED) is 0.932. The molecule has 22 heavy (non-hydrogen) atoms. The topological polar surface area (TPSA) is 69.2 Å². The third kappa shape index (κ3) is 3.40. The molecule has 0 aliphatic carbocycles. The molecule has 1 fully saturated rings. The van der Waals surface area contributed by atoms with Gasteiger partial charge in [0.05, 0.1) is 12.6 Å². The largest absolute Gasteiger partial charge is 0.379 e. The fraction of sp³-hybridized carbons (Fsp3) is 0.438. The van der Waals surface area contributed by atoms with Gasteiger partial charge in [0.1, 0.15) is 11.9 Å². The summed E-state index contributed by atoms with van der Waals surface area (Å²) in [6.07, 6.45) is 4.43. The minimum absolute atomic E-state index is 0.0332. The number of nitrogens with one attached hydrogen (secondary N) is 1. The van der Waals surface area contributed by atoms with Crippen molar-refractivity contribution in [3.63, 3.8) is 0 Å². The number of ether oxygens (including phenoxy) is 2. The minimum Gasteiger partial charge on any atom is -0.379 e. The van der Waals surface area contributed by atoms with Crippen LogP contribution in [-0.2, 0) is 9.47 Å². The van der Waals surface area contributed by atoms with Crippen molar-refractivity contribution in [2.45, 2.75) is 25.5 Å². The Morgan fingerprint density at radius 1 is 1.36 bits per heavy atom. The van der Waals surface area contributed by atoms with E-state index in [0.717, 1.165) is 30.1 Å². The summed E-state index contributed by atoms with van der Waals surface area (Å²) in [4.78, 5) is 13.2. The van der Waals surface area contributed by atoms with Crippen molar-refractivity contribution in [3.8, 4) is 11.4 Å². The van der Waals surface area contributed by atoms with E-state index < -0.39 is 0 Å². The fourth-order valence-electron chi connectivity index (χ4n) is 2.57. The summed E-state index contributed by atoms with van der Waals surface area (Å²) in [5, 5.41) is 3.46. The maximum Gasteiger partial charge on any atom is 0.163 e. The van der Waals surface area contributed by atoms with Gasteiger partial charge < -0.3 is 14.8 Å². The van der Waals surface area contributed by atoms with Gasteiger partial charge in [-0.1, -0.05) is 0 Å². The van der Waals surface area contributed by atoms with Crippen molar-refractivity contribution in [3.05, 3.63) is 36.3 Å². The molecule has 3 rings (SSSR count). The summed E-state index contributed by atoms with van der Waals surface area (Å²) in [6.45, 7) is 3.30. The van der Waals surface area contributed by atoms with E-state index in [4.69, 9.17) is 9.47 Å². The highest BCUT2D eigenvalue weighted by atomic mass is 16.5. The Bertz CT molecular complexity index is 621. The number of aryl methyl sites for hydroxylation is 1. The van der Waals surface area contributed by atoms with Crippen LogP contribution in [0.4, 0.5) is 5.82 Å². The van der Waals surface area contributed by atoms with Crippen LogP contribution in [0.2, 0.25) is 0 Å². The van der Waals surface area contributed by atoms with Gasteiger partial charge in [0.2, 0.25) is 0 Å². The third-order valence-corrected chi connectivity index (χ3v) is 3.71. The zero-order valence-corrected chi connectivity index (χ0v) is 12.8. The first-order valence-corrected chi connectivity index (χ1v) is 7.39. The van der Waals surface area contributed by atoms with E-state index in [1.165, 1.54) is 0 Å². The molecule has 2 atom stereocenters. The number of hydrogen-bond donors (Lipinski definition) is 1. The highest BCUT2D eigenvalue weighted by Gasteiger charge is 2.26. The molecule has 1 aliphatic heterocycles. The Kier molecular flexibility index (Phi) is 4.60. The van der Waals surface area contributed by atoms with Crippen LogP contribution in [0.15, 0.2) is 30.6 Å². The van der Waals surface area contributed by atoms with Gasteiger partial charge in [0.15, 0.2) is 5.82 Å². The molecule has 1 N–H and O–H groups in total. The molecule has 0 spiro atoms. The van der Waals surface area contributed by atoms with Crippen molar-refractivity contribution < 1.29 is 9.47 Å². The fourth-order valence-corrected chi connectivity index (χ4v) is 2.57. The molecule has 2 aromatic rings. The van der Waals surface area contributed by atoms with Gasteiger partial charge in [-0.3, -0.25) is 4.98 Å². The van der Waals surface area contributed by atoms with Crippen LogP contribution in [0.25, 0.3) is 11.4 Å². The van der Waals surface area contributed by atoms with E-state index in [0.29, 0.717) is 12.4 Å². The summed E-state index contributed by atoms with van der Waals surface area (Å²) in [5.41, 5.74) is 1.82. The van der Waals surface area contributed by atoms with Crippen molar-refractivity contribution in [1.29, 1.82) is 0 Å². The first-order chi connectivity index (χ1) is 10.8. The predicted octanol–water partition coefficient (Wildman–Crippen LogP) is 2.06. The first-order valence-electron chi connectivity index (χ1n) is 7.39. The zero-order valence-electron chi connectivity index (χ0n) is 12.8. The summed E-state index contributed by atoms with van der Waals surface area (Å²) in [5.74, 6) is 1.48. The molecule has 2 aromatic heterocycles. The van der Waals surface area contributed by atoms with E-state index in [9.17, 15) is 0 Å². The van der Waals surface area contributed by atoms with E-state index in [-0.39, 0.29) is 12.1 Å². The third-order valence-electron chi connectivity index (χ3n) is 3.71. The zero-order chi connectivity index (χ0) is 15.4. The van der Waals surface area contributed by atoms with Crippen molar-refractivity contribution in [2.75, 3.05) is 25.6 Å². The molecule has 6 heteroatoms. The minimum atomic E-state index is 0.0332. The van der Waals surface area contributed by atoms with Gasteiger partial charge >= 0.3 is 0 Å². The maximum absolute atomic E-state index is 5.48. The van der Waals surface area contributed by atoms with Crippen LogP contribution < -0.4 is 5.32 Å². The molecule has 1 aliphatic rings. The molecule has 0 bridgehead atoms. The van der Waals surface area contributed by atoms with E-state index in [1.54, 1.807) is 19.5 Å². The monoisotopic (exact) mass is 300 g/mol. The lowest BCUT2D eigenvalue weighted by Crippen LogP contribution is -2.43. The second-order valence-corrected chi connectivity index (χ2v) is 5.35. The van der Waals surface area contributed by atoms with E-state index >= 15 is 0 Å². The molecule has 2 unspecified atom stereocenters. The molecular weight excluding hydrogens is 280 g/mol. The van der Waals surface area contributed by atoms with Gasteiger partial charge in [0, 0.05) is 43.4 Å². The highest BCUT2D eigenvalue weighted by Crippen LogP contribution is 2.20. The molecule has 0 radical (unpaired) electrons. The number of pyridine rings is 1. The summed E-state index contributed by atoms with van der Waals surface area (Å²) in [6, 6.07) is 5.97. The number of hydrogen-bond acceptors (Lipinski definition) is 6. The lowest BCUT2D eigenvalue weighted by Gasteiger charge is -2.31. The molecule has 0 amide bonds. The molecule has 3 heterocycles. The van der Waals surface area contributed by atoms with Crippen LogP contribution >= 0.6 is 0 Å². The van der Waals surface area contributed by atoms with E-state index in [1.807, 2.05) is 25.1 Å². The van der Waals surface area contributed by atoms with Gasteiger partial charge in [-0.2, -0.15) is 0 Å². The second-order valence-electron chi connectivity index (χ2n) is 5.35. The second kappa shape index (κ2) is 6.81. The summed E-state index contributed by atoms with van der Waals surface area (Å²) in [7, 11) is 1.71. The maximum atomic E-state index is 5.48. The van der Waals surface area contributed by atoms with E-state index in [2.05, 4.69) is 20.3 Å². The van der Waals surface area contributed by atoms with Crippen molar-refractivity contribution in [1.82, 2.24) is 15.0 Å². The Balaban J connectivity index is 1.83. The number of aromatic nitrogens is 3. The van der Waals surface area contributed by atoms with Crippen molar-refractivity contribution >= 4 is 5.82 Å². The molecule has 0 saturated carbocycles. The number of methoxy groups -OCH3 is 1. The van der Waals surface area contributed by atoms with Gasteiger partial charge in [-0.25, -0.2) is 9.97 Å². The number of anilines is 1. The van der Waals surface area contributed by atoms with Crippen LogP contribution in [0.5, 0.6) is 0 Å². The Morgan fingerprint density at radius 3 is 3.05 bits per heavy atom. The average molecular weight is 300 g/mol. The first kappa shape index (κ1) is 14.9. The van der Waals surface area contributed by atoms with Crippen LogP contribution in [-0.4, -0.2) is 47.4 Å². The normalized spacial score (nSPS) is 21.5. The number of rotatable bonds is 4. The van der Waals surface area contributed by atoms with Gasteiger partial charge in [0.25, 0.3) is 0 Å². The average Bonchev–Trinajstić information content (AvgIpc) is 2.56. The standard InChI is InChI=1S/C16H20N4O2/c1-11-8-15(19-13-5-7-22-10-14(13)21-2)20-16(18-11)12-4-3-6-17-9-12/h3-4,6,8-9,13-14H,5,7,10H2,1-2H3,(H,18,19,20). The molecule has 0 aromatic carbocycles. The number of nitrogens with zero attached hydrogens (tertiary/aromatic N) is 3. The Hall–Kier alpha value is -2.05. The SMILES string of the molecule is COC1COCCC1Nc1cc(C)nc(-c2cccnc2)n1. The predicted molar refractivity (Wildman–Crippen MR) is 83.6 cm³/mol. The summed E-state index contributed by atoms with van der Waals surface area (Å²) >= 11 is 0. The molecule has 1 saturated heterocycles. The van der Waals surface area contributed by atoms with Crippen LogP contribution in [0, 0.1) is 6.92 Å². The van der Waals surface area contributed by atoms with Crippen LogP contribution in [0.1, 0.15) is 12.1 Å².